The second kappa shape index (κ2) is 12.1. The van der Waals surface area contributed by atoms with E-state index in [9.17, 15) is 19.5 Å². The molecular weight excluding hydrogens is 468 g/mol. The molecule has 0 saturated heterocycles. The number of fused-ring (bicyclic) bond motifs is 3. The average Bonchev–Trinajstić information content (AvgIpc) is 3.18. The van der Waals surface area contributed by atoms with Gasteiger partial charge in [0.1, 0.15) is 18.2 Å². The Labute approximate surface area is 209 Å². The molecule has 0 heterocycles. The lowest BCUT2D eigenvalue weighted by Crippen LogP contribution is -2.63. The van der Waals surface area contributed by atoms with Gasteiger partial charge < -0.3 is 25.2 Å². The third-order valence-electron chi connectivity index (χ3n) is 6.33. The predicted molar refractivity (Wildman–Crippen MR) is 136 cm³/mol. The third-order valence-corrected chi connectivity index (χ3v) is 6.97. The van der Waals surface area contributed by atoms with Crippen LogP contribution in [0.2, 0.25) is 0 Å². The molecule has 2 amide bonds. The van der Waals surface area contributed by atoms with Crippen LogP contribution in [0.3, 0.4) is 0 Å². The van der Waals surface area contributed by atoms with Crippen LogP contribution in [0.25, 0.3) is 11.1 Å². The van der Waals surface area contributed by atoms with Gasteiger partial charge >= 0.3 is 12.1 Å². The second-order valence-electron chi connectivity index (χ2n) is 8.46. The SMILES string of the molecule is CCC(COC)(NC(=O)OCC1c2ccccc2-c2ccccc21)C(=O)NC(CCSC)C(=O)O. The Hall–Kier alpha value is -3.04. The number of hydrogen-bond donors (Lipinski definition) is 3. The standard InChI is InChI=1S/C26H32N2O6S/c1-4-26(16-33-2,24(31)27-22(23(29)30)13-14-35-3)28-25(32)34-15-21-19-11-7-5-9-17(19)18-10-6-8-12-20(18)21/h5-12,21-22H,4,13-16H2,1-3H3,(H,27,31)(H,28,32)(H,29,30). The van der Waals surface area contributed by atoms with Gasteiger partial charge in [-0.25, -0.2) is 9.59 Å². The molecule has 2 unspecified atom stereocenters. The maximum Gasteiger partial charge on any atom is 0.408 e. The summed E-state index contributed by atoms with van der Waals surface area (Å²) in [5.74, 6) is -1.30. The van der Waals surface area contributed by atoms with Gasteiger partial charge in [0.25, 0.3) is 0 Å². The van der Waals surface area contributed by atoms with E-state index in [0.717, 1.165) is 22.3 Å². The number of ether oxygens (including phenoxy) is 2. The van der Waals surface area contributed by atoms with Crippen molar-refractivity contribution in [1.29, 1.82) is 0 Å². The van der Waals surface area contributed by atoms with Gasteiger partial charge in [-0.05, 0) is 47.1 Å². The molecule has 9 heteroatoms. The number of thioether (sulfide) groups is 1. The highest BCUT2D eigenvalue weighted by molar-refractivity contribution is 7.98. The van der Waals surface area contributed by atoms with E-state index in [2.05, 4.69) is 22.8 Å². The van der Waals surface area contributed by atoms with Crippen LogP contribution < -0.4 is 10.6 Å². The van der Waals surface area contributed by atoms with Crippen molar-refractivity contribution in [3.63, 3.8) is 0 Å². The highest BCUT2D eigenvalue weighted by Crippen LogP contribution is 2.44. The van der Waals surface area contributed by atoms with Gasteiger partial charge in [-0.1, -0.05) is 55.5 Å². The monoisotopic (exact) mass is 500 g/mol. The molecule has 2 atom stereocenters. The van der Waals surface area contributed by atoms with Gasteiger partial charge in [0.05, 0.1) is 6.61 Å². The molecule has 0 saturated carbocycles. The van der Waals surface area contributed by atoms with E-state index in [1.54, 1.807) is 6.92 Å². The normalized spacial score (nSPS) is 14.8. The van der Waals surface area contributed by atoms with Gasteiger partial charge in [-0.3, -0.25) is 4.79 Å². The van der Waals surface area contributed by atoms with E-state index >= 15 is 0 Å². The lowest BCUT2D eigenvalue weighted by atomic mass is 9.95. The summed E-state index contributed by atoms with van der Waals surface area (Å²) >= 11 is 1.49. The van der Waals surface area contributed by atoms with Gasteiger partial charge in [0.2, 0.25) is 5.91 Å². The Balaban J connectivity index is 1.72. The number of aliphatic carboxylic acids is 1. The molecule has 0 aromatic heterocycles. The lowest BCUT2D eigenvalue weighted by molar-refractivity contribution is -0.143. The summed E-state index contributed by atoms with van der Waals surface area (Å²) in [6.07, 6.45) is 1.55. The molecule has 2 aromatic carbocycles. The molecule has 3 rings (SSSR count). The fourth-order valence-electron chi connectivity index (χ4n) is 4.38. The topological polar surface area (TPSA) is 114 Å². The van der Waals surface area contributed by atoms with Crippen LogP contribution in [0.5, 0.6) is 0 Å². The Morgan fingerprint density at radius 1 is 1.09 bits per heavy atom. The number of carboxylic acids is 1. The molecule has 2 aromatic rings. The van der Waals surface area contributed by atoms with Crippen LogP contribution in [-0.2, 0) is 19.1 Å². The summed E-state index contributed by atoms with van der Waals surface area (Å²) in [7, 11) is 1.42. The number of methoxy groups -OCH3 is 1. The molecular formula is C26H32N2O6S. The van der Waals surface area contributed by atoms with E-state index in [1.807, 2.05) is 42.7 Å². The third kappa shape index (κ3) is 5.97. The summed E-state index contributed by atoms with van der Waals surface area (Å²) in [6, 6.07) is 15.0. The van der Waals surface area contributed by atoms with Crippen molar-refractivity contribution in [3.05, 3.63) is 59.7 Å². The number of benzene rings is 2. The van der Waals surface area contributed by atoms with Gasteiger partial charge in [0.15, 0.2) is 0 Å². The summed E-state index contributed by atoms with van der Waals surface area (Å²) in [4.78, 5) is 37.7. The zero-order valence-electron chi connectivity index (χ0n) is 20.2. The molecule has 188 valence electrons. The number of carbonyl (C=O) groups is 3. The first kappa shape index (κ1) is 26.6. The fourth-order valence-corrected chi connectivity index (χ4v) is 4.85. The Bertz CT molecular complexity index is 1020. The van der Waals surface area contributed by atoms with Crippen LogP contribution in [0.4, 0.5) is 4.79 Å². The number of alkyl carbamates (subject to hydrolysis) is 1. The summed E-state index contributed by atoms with van der Waals surface area (Å²) in [5, 5.41) is 14.7. The molecule has 8 nitrogen and oxygen atoms in total. The maximum absolute atomic E-state index is 13.2. The van der Waals surface area contributed by atoms with Gasteiger partial charge in [-0.2, -0.15) is 11.8 Å². The van der Waals surface area contributed by atoms with E-state index in [1.165, 1.54) is 18.9 Å². The predicted octanol–water partition coefficient (Wildman–Crippen LogP) is 3.64. The fraction of sp³-hybridized carbons (Fsp3) is 0.423. The molecule has 0 bridgehead atoms. The van der Waals surface area contributed by atoms with Crippen molar-refractivity contribution in [2.45, 2.75) is 37.3 Å². The number of nitrogens with one attached hydrogen (secondary N) is 2. The quantitative estimate of drug-likeness (QED) is 0.408. The van der Waals surface area contributed by atoms with Crippen LogP contribution in [-0.4, -0.2) is 67.0 Å². The Kier molecular flexibility index (Phi) is 9.17. The van der Waals surface area contributed by atoms with Crippen molar-refractivity contribution in [3.8, 4) is 11.1 Å². The van der Waals surface area contributed by atoms with Crippen molar-refractivity contribution in [2.75, 3.05) is 32.3 Å². The molecule has 0 aliphatic heterocycles. The van der Waals surface area contributed by atoms with Crippen LogP contribution >= 0.6 is 11.8 Å². The van der Waals surface area contributed by atoms with E-state index in [0.29, 0.717) is 5.75 Å². The molecule has 1 aliphatic carbocycles. The minimum Gasteiger partial charge on any atom is -0.480 e. The van der Waals surface area contributed by atoms with Crippen molar-refractivity contribution < 1.29 is 29.0 Å². The maximum atomic E-state index is 13.2. The first-order chi connectivity index (χ1) is 16.9. The van der Waals surface area contributed by atoms with Crippen molar-refractivity contribution >= 4 is 29.7 Å². The molecule has 3 N–H and O–H groups in total. The van der Waals surface area contributed by atoms with E-state index in [-0.39, 0.29) is 32.0 Å². The average molecular weight is 501 g/mol. The second-order valence-corrected chi connectivity index (χ2v) is 9.45. The highest BCUT2D eigenvalue weighted by atomic mass is 32.2. The zero-order valence-corrected chi connectivity index (χ0v) is 21.0. The van der Waals surface area contributed by atoms with Crippen LogP contribution in [0.1, 0.15) is 36.8 Å². The molecule has 0 fully saturated rings. The molecule has 35 heavy (non-hydrogen) atoms. The first-order valence-corrected chi connectivity index (χ1v) is 12.9. The van der Waals surface area contributed by atoms with Crippen LogP contribution in [0, 0.1) is 0 Å². The number of carboxylic acid groups (broad SMARTS) is 1. The summed E-state index contributed by atoms with van der Waals surface area (Å²) < 4.78 is 10.8. The number of amides is 2. The van der Waals surface area contributed by atoms with E-state index in [4.69, 9.17) is 9.47 Å². The minimum absolute atomic E-state index is 0.0970. The molecule has 1 aliphatic rings. The summed E-state index contributed by atoms with van der Waals surface area (Å²) in [6.45, 7) is 1.69. The first-order valence-electron chi connectivity index (χ1n) is 11.5. The van der Waals surface area contributed by atoms with E-state index < -0.39 is 29.6 Å². The van der Waals surface area contributed by atoms with Crippen molar-refractivity contribution in [2.24, 2.45) is 0 Å². The Morgan fingerprint density at radius 3 is 2.20 bits per heavy atom. The summed E-state index contributed by atoms with van der Waals surface area (Å²) in [5.41, 5.74) is 2.92. The van der Waals surface area contributed by atoms with Crippen LogP contribution in [0.15, 0.2) is 48.5 Å². The number of rotatable bonds is 12. The smallest absolute Gasteiger partial charge is 0.408 e. The largest absolute Gasteiger partial charge is 0.480 e. The van der Waals surface area contributed by atoms with Crippen molar-refractivity contribution in [1.82, 2.24) is 10.6 Å². The van der Waals surface area contributed by atoms with Gasteiger partial charge in [0, 0.05) is 13.0 Å². The lowest BCUT2D eigenvalue weighted by Gasteiger charge is -2.32. The molecule has 0 spiro atoms. The Morgan fingerprint density at radius 2 is 1.69 bits per heavy atom. The molecule has 0 radical (unpaired) electrons. The number of carbonyl (C=O) groups excluding carboxylic acids is 2. The minimum atomic E-state index is -1.47. The number of hydrogen-bond acceptors (Lipinski definition) is 6. The van der Waals surface area contributed by atoms with Gasteiger partial charge in [-0.15, -0.1) is 0 Å². The zero-order chi connectivity index (χ0) is 25.4. The highest BCUT2D eigenvalue weighted by Gasteiger charge is 2.41.